The fourth-order valence-corrected chi connectivity index (χ4v) is 9.35. The van der Waals surface area contributed by atoms with E-state index < -0.39 is 106 Å². The van der Waals surface area contributed by atoms with E-state index in [1.807, 2.05) is 0 Å². The van der Waals surface area contributed by atoms with Gasteiger partial charge >= 0.3 is 118 Å². The summed E-state index contributed by atoms with van der Waals surface area (Å²) in [5.74, 6) is -2.33. The van der Waals surface area contributed by atoms with E-state index in [9.17, 15) is 65.1 Å². The summed E-state index contributed by atoms with van der Waals surface area (Å²) in [4.78, 5) is 22.2. The van der Waals surface area contributed by atoms with Gasteiger partial charge in [0, 0.05) is 27.7 Å². The van der Waals surface area contributed by atoms with Crippen molar-refractivity contribution in [1.82, 2.24) is 15.0 Å². The van der Waals surface area contributed by atoms with Crippen LogP contribution < -0.4 is 134 Å². The van der Waals surface area contributed by atoms with E-state index in [4.69, 9.17) is 11.6 Å². The molecule has 1 aromatic heterocycles. The fourth-order valence-electron chi connectivity index (χ4n) is 5.53. The van der Waals surface area contributed by atoms with Crippen molar-refractivity contribution in [2.45, 2.75) is 14.7 Å². The molecular weight excluding hydrogens is 1010 g/mol. The van der Waals surface area contributed by atoms with Gasteiger partial charge in [-0.25, -0.2) is 42.1 Å². The number of ketones is 1. The van der Waals surface area contributed by atoms with Gasteiger partial charge in [-0.2, -0.15) is 20.1 Å². The van der Waals surface area contributed by atoms with Crippen LogP contribution in [0.2, 0.25) is 5.28 Å². The van der Waals surface area contributed by atoms with E-state index in [1.165, 1.54) is 30.3 Å². The van der Waals surface area contributed by atoms with Gasteiger partial charge in [0.1, 0.15) is 36.1 Å². The molecule has 1 aliphatic carbocycles. The molecule has 0 fully saturated rings. The fraction of sp³-hybridized carbons (Fsp3) is 0.0645. The number of nitrogens with one attached hydrogen (secondary N) is 3. The third-order valence-electron chi connectivity index (χ3n) is 7.99. The second-order valence-corrected chi connectivity index (χ2v) is 19.5. The van der Waals surface area contributed by atoms with Crippen molar-refractivity contribution in [3.05, 3.63) is 94.1 Å². The molecule has 0 unspecified atom stereocenters. The van der Waals surface area contributed by atoms with Gasteiger partial charge in [-0.05, 0) is 77.8 Å². The van der Waals surface area contributed by atoms with Crippen molar-refractivity contribution < 1.29 is 188 Å². The molecule has 64 heavy (non-hydrogen) atoms. The molecule has 0 saturated heterocycles. The molecule has 0 bridgehead atoms. The first-order valence-corrected chi connectivity index (χ1v) is 23.5. The third kappa shape index (κ3) is 14.5. The number of halogens is 1. The van der Waals surface area contributed by atoms with Gasteiger partial charge in [0.05, 0.1) is 37.6 Å². The Morgan fingerprint density at radius 3 is 1.83 bits per heavy atom. The molecule has 6 rings (SSSR count). The normalized spacial score (nSPS) is 13.5. The maximum Gasteiger partial charge on any atom is 1.00 e. The monoisotopic (exact) mass is 1030 g/mol. The van der Waals surface area contributed by atoms with Gasteiger partial charge < -0.3 is 28.8 Å². The van der Waals surface area contributed by atoms with E-state index >= 15 is 0 Å². The summed E-state index contributed by atoms with van der Waals surface area (Å²) >= 11 is 6.07. The molecule has 0 saturated carbocycles. The summed E-state index contributed by atoms with van der Waals surface area (Å²) in [7, 11) is -25.3. The molecule has 0 radical (unpaired) electrons. The number of rotatable bonds is 14. The van der Waals surface area contributed by atoms with Crippen LogP contribution in [0.4, 0.5) is 29.0 Å². The molecule has 0 atom stereocenters. The van der Waals surface area contributed by atoms with Crippen molar-refractivity contribution in [3.63, 3.8) is 0 Å². The van der Waals surface area contributed by atoms with E-state index in [0.29, 0.717) is 0 Å². The zero-order valence-corrected chi connectivity index (χ0v) is 46.0. The standard InChI is InChI=1S/C31H24ClN7O16S5.4Na/c32-29-35-30(33-17-4-7-19(8-5-17)56(41,42)13-12-55-60(52,53)54)37-31(36-29)34-18-6-9-20-16(14-18)15-25(58(46,47)48)26(27(20)40)39-38-23-11-10-21-22(28(23)59(49,50)51)2-1-3-24(21)57(43,44)45;;;;/h1-11,14-15,38H,12-13H2,(H,43,44,45)(H,46,47,48)(H,49,50,51)(H,52,53,54)(H2,33,34,35,36,37);;;;/q;4*+1/p-4/b39-26-;;;;. The summed E-state index contributed by atoms with van der Waals surface area (Å²) < 4.78 is 170. The smallest absolute Gasteiger partial charge is 0.744 e. The van der Waals surface area contributed by atoms with Gasteiger partial charge in [-0.3, -0.25) is 14.4 Å². The Morgan fingerprint density at radius 2 is 1.27 bits per heavy atom. The first-order chi connectivity index (χ1) is 27.8. The maximum absolute atomic E-state index is 13.6. The first kappa shape index (κ1) is 58.6. The van der Waals surface area contributed by atoms with Gasteiger partial charge in [-0.15, -0.1) is 0 Å². The Labute approximate surface area is 458 Å². The van der Waals surface area contributed by atoms with Crippen LogP contribution in [0.5, 0.6) is 0 Å². The second-order valence-electron chi connectivity index (χ2n) is 11.9. The number of benzene rings is 4. The van der Waals surface area contributed by atoms with Crippen molar-refractivity contribution in [3.8, 4) is 0 Å². The number of Topliss-reactive ketones (excluding diaryl/α,β-unsaturated/α-hetero) is 1. The number of fused-ring (bicyclic) bond motifs is 2. The second kappa shape index (κ2) is 22.7. The molecule has 316 valence electrons. The first-order valence-electron chi connectivity index (χ1n) is 15.9. The number of carbonyl (C=O) groups excluding carboxylic acids is 1. The topological polar surface area (TPSA) is 376 Å². The van der Waals surface area contributed by atoms with E-state index in [0.717, 1.165) is 48.5 Å². The molecule has 5 aromatic rings. The average Bonchev–Trinajstić information content (AvgIpc) is 3.12. The van der Waals surface area contributed by atoms with Gasteiger partial charge in [0.2, 0.25) is 33.4 Å². The largest absolute Gasteiger partial charge is 1.00 e. The molecule has 0 amide bonds. The molecule has 0 spiro atoms. The zero-order valence-electron chi connectivity index (χ0n) is 33.2. The predicted molar refractivity (Wildman–Crippen MR) is 205 cm³/mol. The minimum absolute atomic E-state index is 0. The molecular formula is C31H20ClN7Na4O16S5. The molecule has 0 aliphatic heterocycles. The van der Waals surface area contributed by atoms with Gasteiger partial charge in [0.15, 0.2) is 9.84 Å². The van der Waals surface area contributed by atoms with Gasteiger partial charge in [-0.1, -0.05) is 18.2 Å². The van der Waals surface area contributed by atoms with Crippen molar-refractivity contribution in [2.24, 2.45) is 5.10 Å². The van der Waals surface area contributed by atoms with E-state index in [1.54, 1.807) is 0 Å². The Hall–Kier alpha value is -1.53. The summed E-state index contributed by atoms with van der Waals surface area (Å²) in [6.45, 7) is -0.893. The van der Waals surface area contributed by atoms with Crippen LogP contribution in [0.15, 0.2) is 97.5 Å². The molecule has 23 nitrogen and oxygen atoms in total. The van der Waals surface area contributed by atoms with Crippen LogP contribution in [0.1, 0.15) is 15.9 Å². The maximum atomic E-state index is 13.6. The minimum atomic E-state index is -5.50. The van der Waals surface area contributed by atoms with Crippen LogP contribution in [0.3, 0.4) is 0 Å². The molecule has 33 heteroatoms. The number of allylic oxidation sites excluding steroid dienone is 1. The Bertz CT molecular complexity index is 3280. The third-order valence-corrected chi connectivity index (χ3v) is 13.0. The van der Waals surface area contributed by atoms with Crippen LogP contribution >= 0.6 is 11.6 Å². The number of nitrogens with zero attached hydrogens (tertiary/aromatic N) is 4. The quantitative estimate of drug-likeness (QED) is 0.0402. The van der Waals surface area contributed by atoms with E-state index in [2.05, 4.69) is 40.3 Å². The average molecular weight is 1030 g/mol. The van der Waals surface area contributed by atoms with Crippen molar-refractivity contribution in [2.75, 3.05) is 28.4 Å². The molecule has 4 aromatic carbocycles. The summed E-state index contributed by atoms with van der Waals surface area (Å²) in [5, 5.41) is 7.88. The number of hydrogen-bond donors (Lipinski definition) is 3. The van der Waals surface area contributed by atoms with Crippen LogP contribution in [0.25, 0.3) is 16.8 Å². The Morgan fingerprint density at radius 1 is 0.672 bits per heavy atom. The Kier molecular flexibility index (Phi) is 20.8. The minimum Gasteiger partial charge on any atom is -0.744 e. The van der Waals surface area contributed by atoms with Crippen LogP contribution in [-0.2, 0) is 54.8 Å². The summed E-state index contributed by atoms with van der Waals surface area (Å²) in [6.07, 6.45) is 0.789. The predicted octanol–water partition coefficient (Wildman–Crippen LogP) is -10.2. The molecule has 1 aliphatic rings. The van der Waals surface area contributed by atoms with Crippen LogP contribution in [0, 0.1) is 0 Å². The van der Waals surface area contributed by atoms with Gasteiger partial charge in [0.25, 0.3) is 0 Å². The number of hydrazone groups is 1. The van der Waals surface area contributed by atoms with Crippen molar-refractivity contribution in [1.29, 1.82) is 0 Å². The SMILES string of the molecule is O=C1/C(=N\Nc2ccc3c(S(=O)(=O)[O-])cccc3c2S(=O)(=O)[O-])C(S(=O)(=O)[O-])=Cc2cc(Nc3nc(Cl)nc(Nc4ccc(S(=O)(=O)CCOS(=O)(=O)[O-])cc4)n3)ccc21.[Na+].[Na+].[Na+].[Na+]. The number of anilines is 5. The number of hydrogen-bond acceptors (Lipinski definition) is 23. The summed E-state index contributed by atoms with van der Waals surface area (Å²) in [5.41, 5.74) is 0.427. The molecule has 3 N–H and O–H groups in total. The molecule has 1 heterocycles. The zero-order chi connectivity index (χ0) is 44.0. The Balaban J connectivity index is 0.00000352. The van der Waals surface area contributed by atoms with Crippen LogP contribution in [-0.4, -0.2) is 99.1 Å². The number of carbonyl (C=O) groups is 1. The number of aromatic nitrogens is 3. The van der Waals surface area contributed by atoms with E-state index in [-0.39, 0.29) is 163 Å². The number of sulfone groups is 1. The van der Waals surface area contributed by atoms with Crippen molar-refractivity contribution >= 4 is 119 Å². The summed E-state index contributed by atoms with van der Waals surface area (Å²) in [6, 6.07) is 13.4.